The van der Waals surface area contributed by atoms with E-state index in [1.165, 1.54) is 28.9 Å². The molecule has 4 rings (SSSR count). The number of anilines is 2. The number of hydrogen-bond acceptors (Lipinski definition) is 6. The van der Waals surface area contributed by atoms with Crippen LogP contribution in [0.3, 0.4) is 0 Å². The van der Waals surface area contributed by atoms with Crippen LogP contribution >= 0.6 is 0 Å². The Kier molecular flexibility index (Phi) is 4.41. The van der Waals surface area contributed by atoms with Gasteiger partial charge in [-0.1, -0.05) is 6.07 Å². The van der Waals surface area contributed by atoms with Crippen molar-refractivity contribution in [2.45, 2.75) is 20.8 Å². The lowest BCUT2D eigenvalue weighted by molar-refractivity contribution is 0.450. The Labute approximate surface area is 163 Å². The third-order valence-electron chi connectivity index (χ3n) is 5.36. The molecular formula is C22H24N2O4. The van der Waals surface area contributed by atoms with Crippen LogP contribution in [0.1, 0.15) is 16.7 Å². The van der Waals surface area contributed by atoms with Crippen molar-refractivity contribution >= 4 is 22.3 Å². The minimum Gasteiger partial charge on any atom is -0.508 e. The van der Waals surface area contributed by atoms with Crippen molar-refractivity contribution in [2.24, 2.45) is 0 Å². The van der Waals surface area contributed by atoms with Crippen molar-refractivity contribution in [3.63, 3.8) is 0 Å². The molecule has 1 fully saturated rings. The molecule has 2 N–H and O–H groups in total. The molecule has 0 unspecified atom stereocenters. The number of aryl methyl sites for hydroxylation is 3. The van der Waals surface area contributed by atoms with Gasteiger partial charge in [0.2, 0.25) is 0 Å². The summed E-state index contributed by atoms with van der Waals surface area (Å²) in [6.45, 7) is 8.96. The van der Waals surface area contributed by atoms with Crippen molar-refractivity contribution in [2.75, 3.05) is 36.0 Å². The number of piperazine rings is 1. The summed E-state index contributed by atoms with van der Waals surface area (Å²) < 4.78 is 5.40. The van der Waals surface area contributed by atoms with Crippen molar-refractivity contribution < 1.29 is 14.6 Å². The number of benzene rings is 2. The van der Waals surface area contributed by atoms with E-state index in [0.29, 0.717) is 29.7 Å². The van der Waals surface area contributed by atoms with E-state index < -0.39 is 5.63 Å². The average molecular weight is 380 g/mol. The summed E-state index contributed by atoms with van der Waals surface area (Å²) in [4.78, 5) is 17.0. The van der Waals surface area contributed by atoms with E-state index in [1.807, 2.05) is 11.8 Å². The first-order valence-corrected chi connectivity index (χ1v) is 9.41. The van der Waals surface area contributed by atoms with Crippen LogP contribution in [-0.2, 0) is 0 Å². The van der Waals surface area contributed by atoms with Crippen LogP contribution in [0.2, 0.25) is 0 Å². The molecule has 2 heterocycles. The van der Waals surface area contributed by atoms with Crippen LogP contribution in [0.5, 0.6) is 11.5 Å². The van der Waals surface area contributed by atoms with Gasteiger partial charge in [0, 0.05) is 44.0 Å². The maximum atomic E-state index is 12.6. The van der Waals surface area contributed by atoms with Crippen LogP contribution in [0.25, 0.3) is 11.0 Å². The van der Waals surface area contributed by atoms with Crippen LogP contribution in [-0.4, -0.2) is 36.4 Å². The molecule has 28 heavy (non-hydrogen) atoms. The molecule has 3 aromatic rings. The van der Waals surface area contributed by atoms with Crippen LogP contribution < -0.4 is 15.4 Å². The lowest BCUT2D eigenvalue weighted by Gasteiger charge is -2.37. The zero-order valence-corrected chi connectivity index (χ0v) is 16.3. The molecule has 1 aliphatic heterocycles. The minimum absolute atomic E-state index is 0.0913. The summed E-state index contributed by atoms with van der Waals surface area (Å²) >= 11 is 0. The fraction of sp³-hybridized carbons (Fsp3) is 0.318. The molecule has 0 saturated carbocycles. The second-order valence-corrected chi connectivity index (χ2v) is 7.52. The number of fused-ring (bicyclic) bond motifs is 1. The quantitative estimate of drug-likeness (QED) is 0.663. The van der Waals surface area contributed by atoms with Gasteiger partial charge in [0.15, 0.2) is 0 Å². The van der Waals surface area contributed by atoms with Gasteiger partial charge in [-0.25, -0.2) is 4.79 Å². The highest BCUT2D eigenvalue weighted by atomic mass is 16.4. The number of phenols is 2. The van der Waals surface area contributed by atoms with Gasteiger partial charge in [-0.15, -0.1) is 0 Å². The van der Waals surface area contributed by atoms with Crippen LogP contribution in [0.4, 0.5) is 11.4 Å². The predicted molar refractivity (Wildman–Crippen MR) is 111 cm³/mol. The highest BCUT2D eigenvalue weighted by Gasteiger charge is 2.24. The maximum Gasteiger partial charge on any atom is 0.360 e. The summed E-state index contributed by atoms with van der Waals surface area (Å²) in [5.74, 6) is -0.228. The molecule has 0 spiro atoms. The second kappa shape index (κ2) is 6.78. The molecule has 0 amide bonds. The molecule has 0 radical (unpaired) electrons. The van der Waals surface area contributed by atoms with Gasteiger partial charge >= 0.3 is 5.63 Å². The SMILES string of the molecule is Cc1cc(C)cc(N2CCN(c3c(C)c4c(O)cc(O)cc4oc3=O)CC2)c1. The summed E-state index contributed by atoms with van der Waals surface area (Å²) in [6, 6.07) is 9.14. The highest BCUT2D eigenvalue weighted by Crippen LogP contribution is 2.35. The number of phenolic OH excluding ortho intramolecular Hbond substituents is 2. The molecule has 0 atom stereocenters. The van der Waals surface area contributed by atoms with Crippen molar-refractivity contribution in [1.82, 2.24) is 0 Å². The topological polar surface area (TPSA) is 77.2 Å². The number of nitrogens with zero attached hydrogens (tertiary/aromatic N) is 2. The zero-order valence-electron chi connectivity index (χ0n) is 16.3. The highest BCUT2D eigenvalue weighted by molar-refractivity contribution is 5.91. The van der Waals surface area contributed by atoms with E-state index in [1.54, 1.807) is 0 Å². The van der Waals surface area contributed by atoms with E-state index in [-0.39, 0.29) is 17.1 Å². The second-order valence-electron chi connectivity index (χ2n) is 7.52. The summed E-state index contributed by atoms with van der Waals surface area (Å²) in [6.07, 6.45) is 0. The fourth-order valence-corrected chi connectivity index (χ4v) is 4.15. The molecular weight excluding hydrogens is 356 g/mol. The number of hydrogen-bond donors (Lipinski definition) is 2. The van der Waals surface area contributed by atoms with E-state index in [2.05, 4.69) is 36.9 Å². The lowest BCUT2D eigenvalue weighted by atomic mass is 10.1. The Bertz CT molecular complexity index is 1090. The molecule has 0 aliphatic carbocycles. The summed E-state index contributed by atoms with van der Waals surface area (Å²) in [5.41, 5.74) is 4.57. The maximum absolute atomic E-state index is 12.6. The molecule has 1 aliphatic rings. The van der Waals surface area contributed by atoms with Gasteiger partial charge < -0.3 is 24.4 Å². The first kappa shape index (κ1) is 18.2. The molecule has 6 nitrogen and oxygen atoms in total. The van der Waals surface area contributed by atoms with Crippen LogP contribution in [0.15, 0.2) is 39.5 Å². The van der Waals surface area contributed by atoms with Gasteiger partial charge in [-0.2, -0.15) is 0 Å². The minimum atomic E-state index is -0.449. The van der Waals surface area contributed by atoms with Gasteiger partial charge in [0.05, 0.1) is 5.39 Å². The first-order chi connectivity index (χ1) is 13.3. The van der Waals surface area contributed by atoms with E-state index >= 15 is 0 Å². The monoisotopic (exact) mass is 380 g/mol. The summed E-state index contributed by atoms with van der Waals surface area (Å²) in [5, 5.41) is 20.4. The number of aromatic hydroxyl groups is 2. The molecule has 146 valence electrons. The van der Waals surface area contributed by atoms with E-state index in [4.69, 9.17) is 4.42 Å². The third-order valence-corrected chi connectivity index (χ3v) is 5.36. The Hall–Kier alpha value is -3.15. The lowest BCUT2D eigenvalue weighted by Crippen LogP contribution is -2.48. The Balaban J connectivity index is 1.64. The Morgan fingerprint density at radius 2 is 1.46 bits per heavy atom. The molecule has 1 saturated heterocycles. The third kappa shape index (κ3) is 3.15. The van der Waals surface area contributed by atoms with Gasteiger partial charge in [0.1, 0.15) is 22.8 Å². The van der Waals surface area contributed by atoms with Crippen molar-refractivity contribution in [3.05, 3.63) is 57.4 Å². The summed E-state index contributed by atoms with van der Waals surface area (Å²) in [7, 11) is 0. The standard InChI is InChI=1S/C22H24N2O4/c1-13-8-14(2)10-16(9-13)23-4-6-24(7-5-23)21-15(3)20-18(26)11-17(25)12-19(20)28-22(21)27/h8-12,25-26H,4-7H2,1-3H3. The fourth-order valence-electron chi connectivity index (χ4n) is 4.15. The largest absolute Gasteiger partial charge is 0.508 e. The predicted octanol–water partition coefficient (Wildman–Crippen LogP) is 3.46. The molecule has 1 aromatic heterocycles. The first-order valence-electron chi connectivity index (χ1n) is 9.41. The van der Waals surface area contributed by atoms with Crippen molar-refractivity contribution in [3.8, 4) is 11.5 Å². The van der Waals surface area contributed by atoms with E-state index in [9.17, 15) is 15.0 Å². The number of rotatable bonds is 2. The van der Waals surface area contributed by atoms with Crippen molar-refractivity contribution in [1.29, 1.82) is 0 Å². The molecule has 6 heteroatoms. The van der Waals surface area contributed by atoms with E-state index in [0.717, 1.165) is 13.1 Å². The zero-order chi connectivity index (χ0) is 20.0. The molecule has 2 aromatic carbocycles. The molecule has 0 bridgehead atoms. The van der Waals surface area contributed by atoms with Gasteiger partial charge in [-0.05, 0) is 49.6 Å². The van der Waals surface area contributed by atoms with Gasteiger partial charge in [0.25, 0.3) is 0 Å². The smallest absolute Gasteiger partial charge is 0.360 e. The van der Waals surface area contributed by atoms with Crippen LogP contribution in [0, 0.1) is 20.8 Å². The van der Waals surface area contributed by atoms with Gasteiger partial charge in [-0.3, -0.25) is 0 Å². The Morgan fingerprint density at radius 3 is 2.11 bits per heavy atom. The Morgan fingerprint density at radius 1 is 0.857 bits per heavy atom. The normalized spacial score (nSPS) is 14.7. The average Bonchev–Trinajstić information content (AvgIpc) is 2.60.